The predicted molar refractivity (Wildman–Crippen MR) is 341 cm³/mol. The molecule has 0 aromatic heterocycles. The van der Waals surface area contributed by atoms with Crippen molar-refractivity contribution < 1.29 is 32.9 Å². The number of aliphatic hydroxyl groups excluding tert-OH is 1. The van der Waals surface area contributed by atoms with Crippen LogP contribution in [0.25, 0.3) is 0 Å². The van der Waals surface area contributed by atoms with E-state index in [9.17, 15) is 19.4 Å². The maximum absolute atomic E-state index is 13.0. The van der Waals surface area contributed by atoms with Crippen molar-refractivity contribution in [1.82, 2.24) is 5.32 Å². The number of hydrogen-bond donors (Lipinski definition) is 3. The fourth-order valence-corrected chi connectivity index (χ4v) is 10.7. The molecular weight excluding hydrogens is 984 g/mol. The highest BCUT2D eigenvalue weighted by atomic mass is 31.2. The minimum atomic E-state index is -4.36. The molecule has 0 aromatic rings. The number of quaternary nitrogens is 1. The van der Waals surface area contributed by atoms with Crippen molar-refractivity contribution in [2.75, 3.05) is 40.9 Å². The van der Waals surface area contributed by atoms with E-state index in [0.29, 0.717) is 17.4 Å². The Morgan fingerprint density at radius 3 is 1.10 bits per heavy atom. The van der Waals surface area contributed by atoms with E-state index in [2.05, 4.69) is 67.8 Å². The number of unbranched alkanes of at least 4 members (excludes halogenated alkanes) is 41. The molecule has 458 valence electrons. The smallest absolute Gasteiger partial charge is 0.387 e. The number of rotatable bonds is 62. The zero-order valence-electron chi connectivity index (χ0n) is 52.4. The second kappa shape index (κ2) is 59.8. The van der Waals surface area contributed by atoms with Crippen LogP contribution in [0.3, 0.4) is 0 Å². The number of allylic oxidation sites excluding steroid dienone is 9. The minimum Gasteiger partial charge on any atom is -0.387 e. The summed E-state index contributed by atoms with van der Waals surface area (Å²) in [5.41, 5.74) is 0. The lowest BCUT2D eigenvalue weighted by Crippen LogP contribution is -2.45. The van der Waals surface area contributed by atoms with E-state index in [4.69, 9.17) is 9.05 Å². The van der Waals surface area contributed by atoms with Gasteiger partial charge in [-0.2, -0.15) is 0 Å². The molecule has 0 bridgehead atoms. The van der Waals surface area contributed by atoms with Crippen LogP contribution in [0.1, 0.15) is 322 Å². The van der Waals surface area contributed by atoms with Crippen LogP contribution in [0, 0.1) is 0 Å². The summed E-state index contributed by atoms with van der Waals surface area (Å²) >= 11 is 0. The number of nitrogens with zero attached hydrogens (tertiary/aromatic N) is 1. The van der Waals surface area contributed by atoms with Gasteiger partial charge in [0, 0.05) is 6.42 Å². The van der Waals surface area contributed by atoms with Crippen LogP contribution >= 0.6 is 7.82 Å². The van der Waals surface area contributed by atoms with Crippen LogP contribution in [-0.2, 0) is 18.4 Å². The highest BCUT2D eigenvalue weighted by Crippen LogP contribution is 2.43. The summed E-state index contributed by atoms with van der Waals surface area (Å²) in [5, 5.41) is 13.9. The molecule has 3 atom stereocenters. The molecule has 0 saturated carbocycles. The fourth-order valence-electron chi connectivity index (χ4n) is 9.93. The predicted octanol–water partition coefficient (Wildman–Crippen LogP) is 21.2. The van der Waals surface area contributed by atoms with Crippen molar-refractivity contribution in [2.45, 2.75) is 334 Å². The topological polar surface area (TPSA) is 105 Å². The van der Waals surface area contributed by atoms with E-state index in [1.165, 1.54) is 250 Å². The van der Waals surface area contributed by atoms with Crippen molar-refractivity contribution in [3.05, 3.63) is 60.8 Å². The Kier molecular flexibility index (Phi) is 58.4. The van der Waals surface area contributed by atoms with E-state index in [1.807, 2.05) is 27.2 Å². The van der Waals surface area contributed by atoms with Crippen molar-refractivity contribution in [3.8, 4) is 0 Å². The van der Waals surface area contributed by atoms with Gasteiger partial charge in [0.15, 0.2) is 0 Å². The van der Waals surface area contributed by atoms with E-state index >= 15 is 0 Å². The van der Waals surface area contributed by atoms with Gasteiger partial charge < -0.3 is 19.8 Å². The molecule has 9 heteroatoms. The van der Waals surface area contributed by atoms with Crippen molar-refractivity contribution in [2.24, 2.45) is 0 Å². The molecule has 3 unspecified atom stereocenters. The number of aliphatic hydroxyl groups is 1. The molecule has 0 aliphatic carbocycles. The van der Waals surface area contributed by atoms with E-state index in [-0.39, 0.29) is 19.1 Å². The SMILES string of the molecule is CCCCCCC/C=C\C/C=C\CCCCCCCCCCCCCCCCCCCCCCCCCCCCCC(=O)NC(COP(=O)(O)OCC[N+](C)(C)C)C(O)/C=C/CC/C=C/CC/C=C/CCCCCCCCC. The van der Waals surface area contributed by atoms with Gasteiger partial charge in [-0.15, -0.1) is 0 Å². The first-order valence-corrected chi connectivity index (χ1v) is 35.2. The molecule has 0 radical (unpaired) electrons. The average molecular weight is 1120 g/mol. The molecule has 3 N–H and O–H groups in total. The molecule has 0 fully saturated rings. The zero-order valence-corrected chi connectivity index (χ0v) is 53.3. The lowest BCUT2D eigenvalue weighted by molar-refractivity contribution is -0.870. The van der Waals surface area contributed by atoms with Crippen molar-refractivity contribution in [3.63, 3.8) is 0 Å². The van der Waals surface area contributed by atoms with Crippen LogP contribution in [0.5, 0.6) is 0 Å². The van der Waals surface area contributed by atoms with Gasteiger partial charge >= 0.3 is 7.82 Å². The number of amides is 1. The summed E-state index contributed by atoms with van der Waals surface area (Å²) < 4.78 is 23.7. The number of phosphoric ester groups is 1. The van der Waals surface area contributed by atoms with Gasteiger partial charge in [0.1, 0.15) is 13.2 Å². The first kappa shape index (κ1) is 76.2. The lowest BCUT2D eigenvalue weighted by Gasteiger charge is -2.25. The first-order valence-electron chi connectivity index (χ1n) is 33.7. The Labute approximate surface area is 485 Å². The zero-order chi connectivity index (χ0) is 57.0. The molecular formula is C69H132N2O6P+. The Balaban J connectivity index is 3.95. The number of likely N-dealkylation sites (N-methyl/N-ethyl adjacent to an activating group) is 1. The highest BCUT2D eigenvalue weighted by molar-refractivity contribution is 7.47. The summed E-state index contributed by atoms with van der Waals surface area (Å²) in [6.45, 7) is 4.80. The largest absolute Gasteiger partial charge is 0.472 e. The van der Waals surface area contributed by atoms with Gasteiger partial charge in [-0.3, -0.25) is 13.8 Å². The summed E-state index contributed by atoms with van der Waals surface area (Å²) in [6, 6.07) is -0.870. The van der Waals surface area contributed by atoms with Gasteiger partial charge in [-0.05, 0) is 77.0 Å². The van der Waals surface area contributed by atoms with E-state index in [0.717, 1.165) is 51.4 Å². The van der Waals surface area contributed by atoms with Gasteiger partial charge in [0.25, 0.3) is 0 Å². The van der Waals surface area contributed by atoms with Crippen LogP contribution in [-0.4, -0.2) is 73.4 Å². The molecule has 0 aliphatic rings. The quantitative estimate of drug-likeness (QED) is 0.0243. The summed E-state index contributed by atoms with van der Waals surface area (Å²) in [7, 11) is 1.55. The highest BCUT2D eigenvalue weighted by Gasteiger charge is 2.28. The molecule has 78 heavy (non-hydrogen) atoms. The molecule has 0 aromatic carbocycles. The second-order valence-electron chi connectivity index (χ2n) is 24.2. The third kappa shape index (κ3) is 61.8. The summed E-state index contributed by atoms with van der Waals surface area (Å²) in [4.78, 5) is 23.3. The summed E-state index contributed by atoms with van der Waals surface area (Å²) in [6.07, 6.45) is 82.4. The molecule has 1 amide bonds. The third-order valence-electron chi connectivity index (χ3n) is 15.2. The van der Waals surface area contributed by atoms with Crippen LogP contribution in [0.15, 0.2) is 60.8 Å². The number of carbonyl (C=O) groups excluding carboxylic acids is 1. The van der Waals surface area contributed by atoms with Crippen LogP contribution in [0.4, 0.5) is 0 Å². The first-order chi connectivity index (χ1) is 38.0. The van der Waals surface area contributed by atoms with Crippen LogP contribution < -0.4 is 5.32 Å². The van der Waals surface area contributed by atoms with E-state index < -0.39 is 20.0 Å². The monoisotopic (exact) mass is 1120 g/mol. The Morgan fingerprint density at radius 1 is 0.436 bits per heavy atom. The van der Waals surface area contributed by atoms with Crippen molar-refractivity contribution in [1.29, 1.82) is 0 Å². The maximum atomic E-state index is 13.0. The molecule has 0 spiro atoms. The van der Waals surface area contributed by atoms with Gasteiger partial charge in [-0.1, -0.05) is 299 Å². The molecule has 0 aliphatic heterocycles. The Morgan fingerprint density at radius 2 is 0.744 bits per heavy atom. The second-order valence-corrected chi connectivity index (χ2v) is 25.6. The normalized spacial score (nSPS) is 14.1. The fraction of sp³-hybridized carbons (Fsp3) is 0.841. The number of carbonyl (C=O) groups is 1. The summed E-state index contributed by atoms with van der Waals surface area (Å²) in [5.74, 6) is -0.186. The average Bonchev–Trinajstić information content (AvgIpc) is 3.40. The minimum absolute atomic E-state index is 0.0539. The van der Waals surface area contributed by atoms with Crippen molar-refractivity contribution >= 4 is 13.7 Å². The van der Waals surface area contributed by atoms with Gasteiger partial charge in [-0.25, -0.2) is 4.57 Å². The standard InChI is InChI=1S/C69H131N2O6P/c1-6-8-10-12-14-16-18-20-22-24-25-26-27-28-29-30-31-32-33-34-35-36-37-38-39-40-41-42-43-44-45-47-49-51-53-55-57-59-61-63-69(73)70-67(66-77-78(74,75)76-65-64-71(3,4)5)68(72)62-60-58-56-54-52-50-48-46-23-21-19-17-15-13-11-9-7-2/h18,20,23-25,46,52,54,60,62,67-68,72H,6-17,19,21-22,26-45,47-51,53,55-59,61,63-66H2,1-5H3,(H-,70,73,74,75)/p+1/b20-18-,25-24-,46-23+,54-52+,62-60+. The van der Waals surface area contributed by atoms with E-state index in [1.54, 1.807) is 6.08 Å². The van der Waals surface area contributed by atoms with Gasteiger partial charge in [0.2, 0.25) is 5.91 Å². The number of phosphoric acid groups is 1. The maximum Gasteiger partial charge on any atom is 0.472 e. The van der Waals surface area contributed by atoms with Gasteiger partial charge in [0.05, 0.1) is 39.9 Å². The number of hydrogen-bond acceptors (Lipinski definition) is 5. The lowest BCUT2D eigenvalue weighted by atomic mass is 10.0. The van der Waals surface area contributed by atoms with Crippen LogP contribution in [0.2, 0.25) is 0 Å². The number of nitrogens with one attached hydrogen (secondary N) is 1. The Bertz CT molecular complexity index is 1450. The third-order valence-corrected chi connectivity index (χ3v) is 16.2. The molecule has 0 heterocycles. The molecule has 0 saturated heterocycles. The molecule has 8 nitrogen and oxygen atoms in total. The molecule has 0 rings (SSSR count). The Hall–Kier alpha value is -1.80.